The first-order valence-corrected chi connectivity index (χ1v) is 9.23. The maximum atomic E-state index is 12.5. The quantitative estimate of drug-likeness (QED) is 0.251. The standard InChI is InChI=1S/C21H19NO8/c1-11(22)21(27)29-8-4-7-28-17(24)10-15(23)16-9-14-18(25)12-5-2-3-6-13(12)19(26)20(14)30-16/h2-3,5-6,9,11H,4,7-8,10,22H2,1H3/t11-/m0/s1. The molecule has 0 fully saturated rings. The zero-order chi connectivity index (χ0) is 21.8. The fourth-order valence-electron chi connectivity index (χ4n) is 2.83. The Kier molecular flexibility index (Phi) is 6.22. The molecule has 30 heavy (non-hydrogen) atoms. The van der Waals surface area contributed by atoms with Gasteiger partial charge in [0.05, 0.1) is 18.8 Å². The fourth-order valence-corrected chi connectivity index (χ4v) is 2.83. The van der Waals surface area contributed by atoms with Gasteiger partial charge in [-0.05, 0) is 13.0 Å². The van der Waals surface area contributed by atoms with Gasteiger partial charge < -0.3 is 19.6 Å². The van der Waals surface area contributed by atoms with Gasteiger partial charge in [0, 0.05) is 17.5 Å². The van der Waals surface area contributed by atoms with E-state index in [1.54, 1.807) is 12.1 Å². The van der Waals surface area contributed by atoms with E-state index in [0.717, 1.165) is 0 Å². The molecule has 156 valence electrons. The molecular formula is C21H19NO8. The van der Waals surface area contributed by atoms with Crippen LogP contribution in [0.15, 0.2) is 34.7 Å². The van der Waals surface area contributed by atoms with Gasteiger partial charge in [0.1, 0.15) is 12.5 Å². The molecule has 0 amide bonds. The second-order valence-electron chi connectivity index (χ2n) is 6.69. The van der Waals surface area contributed by atoms with E-state index in [9.17, 15) is 24.0 Å². The lowest BCUT2D eigenvalue weighted by Gasteiger charge is -2.11. The number of hydrogen-bond acceptors (Lipinski definition) is 9. The van der Waals surface area contributed by atoms with Gasteiger partial charge in [-0.25, -0.2) is 0 Å². The number of nitrogens with two attached hydrogens (primary N) is 1. The molecule has 0 aliphatic heterocycles. The molecule has 1 aromatic heterocycles. The Morgan fingerprint density at radius 3 is 2.30 bits per heavy atom. The number of carbonyl (C=O) groups is 5. The Morgan fingerprint density at radius 1 is 1.00 bits per heavy atom. The van der Waals surface area contributed by atoms with E-state index in [1.807, 2.05) is 0 Å². The van der Waals surface area contributed by atoms with Crippen LogP contribution in [0.5, 0.6) is 0 Å². The molecule has 1 aliphatic rings. The summed E-state index contributed by atoms with van der Waals surface area (Å²) in [5.74, 6) is -3.50. The summed E-state index contributed by atoms with van der Waals surface area (Å²) in [6.07, 6.45) is -0.379. The highest BCUT2D eigenvalue weighted by Gasteiger charge is 2.34. The molecule has 2 aromatic rings. The highest BCUT2D eigenvalue weighted by atomic mass is 16.5. The van der Waals surface area contributed by atoms with E-state index in [0.29, 0.717) is 0 Å². The molecule has 9 nitrogen and oxygen atoms in total. The van der Waals surface area contributed by atoms with Crippen molar-refractivity contribution in [2.24, 2.45) is 5.73 Å². The number of esters is 2. The summed E-state index contributed by atoms with van der Waals surface area (Å²) in [6.45, 7) is 1.46. The average Bonchev–Trinajstić information content (AvgIpc) is 3.17. The van der Waals surface area contributed by atoms with Crippen LogP contribution in [0.1, 0.15) is 62.4 Å². The molecule has 0 spiro atoms. The first-order chi connectivity index (χ1) is 14.3. The van der Waals surface area contributed by atoms with Crippen molar-refractivity contribution in [1.82, 2.24) is 0 Å². The number of ketones is 3. The van der Waals surface area contributed by atoms with Crippen LogP contribution in [0.4, 0.5) is 0 Å². The maximum absolute atomic E-state index is 12.5. The molecule has 2 N–H and O–H groups in total. The molecule has 9 heteroatoms. The van der Waals surface area contributed by atoms with E-state index >= 15 is 0 Å². The van der Waals surface area contributed by atoms with Gasteiger partial charge in [-0.15, -0.1) is 0 Å². The number of fused-ring (bicyclic) bond motifs is 2. The van der Waals surface area contributed by atoms with Crippen molar-refractivity contribution in [2.45, 2.75) is 25.8 Å². The fraction of sp³-hybridized carbons (Fsp3) is 0.286. The van der Waals surface area contributed by atoms with Crippen LogP contribution in [-0.4, -0.2) is 48.5 Å². The Morgan fingerprint density at radius 2 is 1.63 bits per heavy atom. The second-order valence-corrected chi connectivity index (χ2v) is 6.69. The van der Waals surface area contributed by atoms with Crippen LogP contribution in [0.25, 0.3) is 0 Å². The Labute approximate surface area is 171 Å². The smallest absolute Gasteiger partial charge is 0.322 e. The summed E-state index contributed by atoms with van der Waals surface area (Å²) in [6, 6.07) is 6.72. The average molecular weight is 413 g/mol. The van der Waals surface area contributed by atoms with Crippen molar-refractivity contribution >= 4 is 29.3 Å². The van der Waals surface area contributed by atoms with Crippen molar-refractivity contribution < 1.29 is 37.9 Å². The maximum Gasteiger partial charge on any atom is 0.322 e. The van der Waals surface area contributed by atoms with E-state index in [1.165, 1.54) is 25.1 Å². The molecular weight excluding hydrogens is 394 g/mol. The lowest BCUT2D eigenvalue weighted by molar-refractivity contribution is -0.146. The van der Waals surface area contributed by atoms with E-state index in [2.05, 4.69) is 0 Å². The Balaban J connectivity index is 1.56. The lowest BCUT2D eigenvalue weighted by Crippen LogP contribution is -2.29. The molecule has 3 rings (SSSR count). The molecule has 0 bridgehead atoms. The minimum absolute atomic E-state index is 0.00800. The molecule has 1 atom stereocenters. The Bertz CT molecular complexity index is 981. The summed E-state index contributed by atoms with van der Waals surface area (Å²) >= 11 is 0. The summed E-state index contributed by atoms with van der Waals surface area (Å²) in [5, 5.41) is 0. The van der Waals surface area contributed by atoms with Crippen LogP contribution in [0.2, 0.25) is 0 Å². The number of rotatable bonds is 8. The Hall–Kier alpha value is -3.59. The predicted molar refractivity (Wildman–Crippen MR) is 101 cm³/mol. The summed E-state index contributed by atoms with van der Waals surface area (Å²) in [5.41, 5.74) is 5.77. The number of Topliss-reactive ketones (excluding diaryl/α,β-unsaturated/α-hetero) is 1. The van der Waals surface area contributed by atoms with Gasteiger partial charge in [-0.3, -0.25) is 24.0 Å². The second kappa shape index (κ2) is 8.83. The third kappa shape index (κ3) is 4.36. The topological polar surface area (TPSA) is 143 Å². The predicted octanol–water partition coefficient (Wildman–Crippen LogP) is 1.45. The van der Waals surface area contributed by atoms with E-state index < -0.39 is 41.8 Å². The van der Waals surface area contributed by atoms with Gasteiger partial charge in [0.15, 0.2) is 17.3 Å². The van der Waals surface area contributed by atoms with Crippen LogP contribution in [0.3, 0.4) is 0 Å². The van der Waals surface area contributed by atoms with E-state index in [-0.39, 0.29) is 47.8 Å². The molecule has 1 aromatic carbocycles. The molecule has 0 unspecified atom stereocenters. The van der Waals surface area contributed by atoms with Crippen molar-refractivity contribution in [1.29, 1.82) is 0 Å². The van der Waals surface area contributed by atoms with Crippen molar-refractivity contribution in [3.8, 4) is 0 Å². The van der Waals surface area contributed by atoms with Gasteiger partial charge in [-0.2, -0.15) is 0 Å². The third-order valence-electron chi connectivity index (χ3n) is 4.35. The summed E-state index contributed by atoms with van der Waals surface area (Å²) in [4.78, 5) is 60.4. The number of ether oxygens (including phenoxy) is 2. The van der Waals surface area contributed by atoms with Crippen LogP contribution in [0, 0.1) is 0 Å². The van der Waals surface area contributed by atoms with Crippen LogP contribution < -0.4 is 5.73 Å². The molecule has 1 aliphatic carbocycles. The number of hydrogen-bond donors (Lipinski definition) is 1. The summed E-state index contributed by atoms with van der Waals surface area (Å²) < 4.78 is 15.0. The first-order valence-electron chi connectivity index (χ1n) is 9.23. The van der Waals surface area contributed by atoms with Crippen molar-refractivity contribution in [3.63, 3.8) is 0 Å². The monoisotopic (exact) mass is 413 g/mol. The minimum atomic E-state index is -0.811. The van der Waals surface area contributed by atoms with Crippen LogP contribution in [-0.2, 0) is 19.1 Å². The summed E-state index contributed by atoms with van der Waals surface area (Å²) in [7, 11) is 0. The highest BCUT2D eigenvalue weighted by Crippen LogP contribution is 2.30. The van der Waals surface area contributed by atoms with Crippen molar-refractivity contribution in [3.05, 3.63) is 58.5 Å². The number of benzene rings is 1. The van der Waals surface area contributed by atoms with Crippen LogP contribution >= 0.6 is 0 Å². The molecule has 0 saturated carbocycles. The first kappa shape index (κ1) is 21.1. The number of carbonyl (C=O) groups excluding carboxylic acids is 5. The molecule has 0 saturated heterocycles. The molecule has 0 radical (unpaired) electrons. The zero-order valence-electron chi connectivity index (χ0n) is 16.1. The van der Waals surface area contributed by atoms with Gasteiger partial charge in [-0.1, -0.05) is 24.3 Å². The lowest BCUT2D eigenvalue weighted by atomic mass is 9.88. The third-order valence-corrected chi connectivity index (χ3v) is 4.35. The van der Waals surface area contributed by atoms with Gasteiger partial charge in [0.25, 0.3) is 0 Å². The van der Waals surface area contributed by atoms with Gasteiger partial charge in [0.2, 0.25) is 11.6 Å². The highest BCUT2D eigenvalue weighted by molar-refractivity contribution is 6.28. The zero-order valence-corrected chi connectivity index (χ0v) is 16.1. The van der Waals surface area contributed by atoms with E-state index in [4.69, 9.17) is 19.6 Å². The molecule has 1 heterocycles. The van der Waals surface area contributed by atoms with Crippen molar-refractivity contribution in [2.75, 3.05) is 13.2 Å². The largest absolute Gasteiger partial charge is 0.465 e. The minimum Gasteiger partial charge on any atom is -0.465 e. The normalized spacial score (nSPS) is 13.3. The number of furan rings is 1. The SMILES string of the molecule is C[C@H](N)C(=O)OCCCOC(=O)CC(=O)c1cc2c(o1)C(=O)c1ccccc1C2=O. The van der Waals surface area contributed by atoms with Gasteiger partial charge >= 0.3 is 11.9 Å².